The molecule has 0 spiro atoms. The van der Waals surface area contributed by atoms with Crippen molar-refractivity contribution in [3.63, 3.8) is 0 Å². The summed E-state index contributed by atoms with van der Waals surface area (Å²) in [7, 11) is 0. The quantitative estimate of drug-likeness (QED) is 0.268. The van der Waals surface area contributed by atoms with E-state index in [1.807, 2.05) is 0 Å². The lowest BCUT2D eigenvalue weighted by Crippen LogP contribution is -2.24. The summed E-state index contributed by atoms with van der Waals surface area (Å²) in [5, 5.41) is 8.05. The van der Waals surface area contributed by atoms with E-state index in [4.69, 9.17) is 0 Å². The first kappa shape index (κ1) is 24.8. The maximum absolute atomic E-state index is 12.4. The highest BCUT2D eigenvalue weighted by Crippen LogP contribution is 2.26. The molecule has 0 N–H and O–H groups in total. The van der Waals surface area contributed by atoms with Gasteiger partial charge in [-0.2, -0.15) is 36.6 Å². The van der Waals surface area contributed by atoms with Crippen LogP contribution in [0.5, 0.6) is 0 Å². The van der Waals surface area contributed by atoms with E-state index in [1.54, 1.807) is 36.4 Å². The summed E-state index contributed by atoms with van der Waals surface area (Å²) in [6.07, 6.45) is -11.2. The second-order valence-electron chi connectivity index (χ2n) is 7.31. The molecule has 0 radical (unpaired) electrons. The average Bonchev–Trinajstić information content (AvgIpc) is 2.78. The van der Waals surface area contributed by atoms with E-state index >= 15 is 0 Å². The normalized spacial score (nSPS) is 12.2. The van der Waals surface area contributed by atoms with Crippen LogP contribution in [-0.2, 0) is 22.4 Å². The van der Waals surface area contributed by atoms with Gasteiger partial charge in [0.25, 0.3) is 0 Å². The van der Waals surface area contributed by atoms with E-state index in [0.29, 0.717) is 11.4 Å². The molecule has 0 aromatic heterocycles. The van der Waals surface area contributed by atoms with Gasteiger partial charge in [-0.05, 0) is 46.5 Å². The summed E-state index contributed by atoms with van der Waals surface area (Å²) in [5.74, 6) is -3.63. The van der Waals surface area contributed by atoms with Crippen molar-refractivity contribution in [2.75, 3.05) is 0 Å². The van der Waals surface area contributed by atoms with Crippen molar-refractivity contribution in [2.24, 2.45) is 10.2 Å². The van der Waals surface area contributed by atoms with Crippen LogP contribution in [0, 0.1) is 0 Å². The molecule has 3 rings (SSSR count). The smallest absolute Gasteiger partial charge is 0.289 e. The Kier molecular flexibility index (Phi) is 7.29. The minimum absolute atomic E-state index is 0.208. The molecule has 3 aromatic carbocycles. The zero-order valence-corrected chi connectivity index (χ0v) is 17.3. The lowest BCUT2D eigenvalue weighted by molar-refractivity contribution is -0.170. The molecule has 0 bridgehead atoms. The Morgan fingerprint density at radius 1 is 0.529 bits per heavy atom. The number of ketones is 2. The zero-order chi connectivity index (χ0) is 24.9. The number of alkyl halides is 6. The first-order valence-electron chi connectivity index (χ1n) is 9.82. The van der Waals surface area contributed by atoms with Crippen LogP contribution >= 0.6 is 0 Å². The first-order valence-corrected chi connectivity index (χ1v) is 9.82. The first-order chi connectivity index (χ1) is 15.9. The zero-order valence-electron chi connectivity index (χ0n) is 17.3. The standard InChI is InChI=1S/C24H16F6N2O2/c25-23(26,27)21(33)13-15-1-5-17(6-2-15)18-7-11-20(12-8-18)32-31-19-9-3-16(4-10-19)14-22(34)24(28,29)30/h1-12H,13-14H2. The second-order valence-corrected chi connectivity index (χ2v) is 7.31. The monoisotopic (exact) mass is 478 g/mol. The number of hydrogen-bond donors (Lipinski definition) is 0. The minimum atomic E-state index is -4.88. The van der Waals surface area contributed by atoms with Crippen molar-refractivity contribution < 1.29 is 35.9 Å². The molecule has 0 saturated heterocycles. The molecule has 0 heterocycles. The summed E-state index contributed by atoms with van der Waals surface area (Å²) in [6.45, 7) is 0. The van der Waals surface area contributed by atoms with Crippen LogP contribution in [-0.4, -0.2) is 23.9 Å². The van der Waals surface area contributed by atoms with Gasteiger partial charge in [0.2, 0.25) is 11.6 Å². The Hall–Kier alpha value is -3.82. The third-order valence-electron chi connectivity index (χ3n) is 4.73. The summed E-state index contributed by atoms with van der Waals surface area (Å²) < 4.78 is 74.1. The lowest BCUT2D eigenvalue weighted by atomic mass is 10.0. The third kappa shape index (κ3) is 6.84. The van der Waals surface area contributed by atoms with Gasteiger partial charge in [0, 0.05) is 12.8 Å². The molecular weight excluding hydrogens is 462 g/mol. The van der Waals surface area contributed by atoms with Crippen LogP contribution in [0.15, 0.2) is 83.0 Å². The molecule has 0 aliphatic rings. The van der Waals surface area contributed by atoms with Crippen molar-refractivity contribution in [1.29, 1.82) is 0 Å². The predicted molar refractivity (Wildman–Crippen MR) is 112 cm³/mol. The van der Waals surface area contributed by atoms with E-state index in [9.17, 15) is 35.9 Å². The van der Waals surface area contributed by atoms with Gasteiger partial charge in [0.05, 0.1) is 11.4 Å². The van der Waals surface area contributed by atoms with Crippen molar-refractivity contribution in [1.82, 2.24) is 0 Å². The van der Waals surface area contributed by atoms with E-state index in [0.717, 1.165) is 11.1 Å². The molecule has 0 fully saturated rings. The molecule has 176 valence electrons. The molecule has 3 aromatic rings. The van der Waals surface area contributed by atoms with Crippen molar-refractivity contribution >= 4 is 22.9 Å². The number of nitrogens with zero attached hydrogens (tertiary/aromatic N) is 2. The number of carbonyl (C=O) groups is 2. The molecule has 0 amide bonds. The fourth-order valence-electron chi connectivity index (χ4n) is 2.90. The highest BCUT2D eigenvalue weighted by Gasteiger charge is 2.38. The van der Waals surface area contributed by atoms with Gasteiger partial charge >= 0.3 is 12.4 Å². The molecule has 0 unspecified atom stereocenters. The van der Waals surface area contributed by atoms with Gasteiger partial charge in [-0.3, -0.25) is 9.59 Å². The molecule has 0 atom stereocenters. The van der Waals surface area contributed by atoms with Gasteiger partial charge < -0.3 is 0 Å². The summed E-state index contributed by atoms with van der Waals surface area (Å²) in [4.78, 5) is 22.1. The van der Waals surface area contributed by atoms with Gasteiger partial charge in [0.1, 0.15) is 0 Å². The number of Topliss-reactive ketones (excluding diaryl/α,β-unsaturated/α-hetero) is 2. The van der Waals surface area contributed by atoms with Crippen LogP contribution in [0.25, 0.3) is 11.1 Å². The number of halogens is 6. The van der Waals surface area contributed by atoms with Crippen molar-refractivity contribution in [3.05, 3.63) is 83.9 Å². The number of azo groups is 1. The molecule has 34 heavy (non-hydrogen) atoms. The highest BCUT2D eigenvalue weighted by atomic mass is 19.4. The lowest BCUT2D eigenvalue weighted by Gasteiger charge is -2.07. The van der Waals surface area contributed by atoms with Crippen LogP contribution in [0.4, 0.5) is 37.7 Å². The molecule has 0 aliphatic heterocycles. The largest absolute Gasteiger partial charge is 0.450 e. The Bertz CT molecular complexity index is 1180. The summed E-state index contributed by atoms with van der Waals surface area (Å²) >= 11 is 0. The van der Waals surface area contributed by atoms with E-state index < -0.39 is 36.8 Å². The maximum atomic E-state index is 12.4. The fourth-order valence-corrected chi connectivity index (χ4v) is 2.90. The Balaban J connectivity index is 1.61. The Morgan fingerprint density at radius 2 is 0.824 bits per heavy atom. The maximum Gasteiger partial charge on any atom is 0.450 e. The predicted octanol–water partition coefficient (Wildman–Crippen LogP) is 7.12. The molecule has 10 heteroatoms. The highest BCUT2D eigenvalue weighted by molar-refractivity contribution is 5.86. The van der Waals surface area contributed by atoms with E-state index in [-0.39, 0.29) is 11.1 Å². The second kappa shape index (κ2) is 9.98. The van der Waals surface area contributed by atoms with Gasteiger partial charge in [-0.1, -0.05) is 48.5 Å². The van der Waals surface area contributed by atoms with E-state index in [2.05, 4.69) is 10.2 Å². The van der Waals surface area contributed by atoms with Crippen LogP contribution < -0.4 is 0 Å². The van der Waals surface area contributed by atoms with Gasteiger partial charge in [0.15, 0.2) is 0 Å². The van der Waals surface area contributed by atoms with E-state index in [1.165, 1.54) is 36.4 Å². The fraction of sp³-hybridized carbons (Fsp3) is 0.167. The van der Waals surface area contributed by atoms with Crippen LogP contribution in [0.2, 0.25) is 0 Å². The molecule has 0 saturated carbocycles. The average molecular weight is 478 g/mol. The number of hydrogen-bond acceptors (Lipinski definition) is 4. The van der Waals surface area contributed by atoms with Crippen LogP contribution in [0.1, 0.15) is 11.1 Å². The van der Waals surface area contributed by atoms with Crippen LogP contribution in [0.3, 0.4) is 0 Å². The molecule has 4 nitrogen and oxygen atoms in total. The Labute approximate surface area is 189 Å². The van der Waals surface area contributed by atoms with Gasteiger partial charge in [-0.25, -0.2) is 0 Å². The topological polar surface area (TPSA) is 58.9 Å². The minimum Gasteiger partial charge on any atom is -0.289 e. The summed E-state index contributed by atoms with van der Waals surface area (Å²) in [5.41, 5.74) is 2.84. The van der Waals surface area contributed by atoms with Crippen molar-refractivity contribution in [2.45, 2.75) is 25.2 Å². The van der Waals surface area contributed by atoms with Gasteiger partial charge in [-0.15, -0.1) is 0 Å². The summed E-state index contributed by atoms with van der Waals surface area (Å²) in [6, 6.07) is 18.6. The van der Waals surface area contributed by atoms with Crippen molar-refractivity contribution in [3.8, 4) is 11.1 Å². The third-order valence-corrected chi connectivity index (χ3v) is 4.73. The number of benzene rings is 3. The SMILES string of the molecule is O=C(Cc1ccc(N=Nc2ccc(-c3ccc(CC(=O)C(F)(F)F)cc3)cc2)cc1)C(F)(F)F. The number of rotatable bonds is 7. The number of carbonyl (C=O) groups excluding carboxylic acids is 2. The molecular formula is C24H16F6N2O2. The Morgan fingerprint density at radius 3 is 1.18 bits per heavy atom. The molecule has 0 aliphatic carbocycles.